The maximum absolute atomic E-state index is 12.1. The third-order valence-corrected chi connectivity index (χ3v) is 4.54. The lowest BCUT2D eigenvalue weighted by Crippen LogP contribution is -2.32. The molecule has 10 heteroatoms. The third kappa shape index (κ3) is 7.60. The first-order chi connectivity index (χ1) is 17.0. The molecule has 0 bridgehead atoms. The molecule has 3 amide bonds. The van der Waals surface area contributed by atoms with Crippen LogP contribution in [0.5, 0.6) is 17.2 Å². The Kier molecular flexibility index (Phi) is 8.78. The van der Waals surface area contributed by atoms with E-state index in [0.29, 0.717) is 34.2 Å². The van der Waals surface area contributed by atoms with Crippen molar-refractivity contribution in [3.8, 4) is 17.2 Å². The average Bonchev–Trinajstić information content (AvgIpc) is 2.88. The van der Waals surface area contributed by atoms with Crippen LogP contribution in [0.2, 0.25) is 0 Å². The number of carbonyl (C=O) groups excluding carboxylic acids is 3. The van der Waals surface area contributed by atoms with Crippen LogP contribution in [0.15, 0.2) is 77.9 Å². The minimum atomic E-state index is -0.937. The number of para-hydroxylation sites is 1. The van der Waals surface area contributed by atoms with Crippen LogP contribution < -0.4 is 30.3 Å². The molecule has 0 aliphatic heterocycles. The van der Waals surface area contributed by atoms with Gasteiger partial charge in [-0.05, 0) is 60.2 Å². The van der Waals surface area contributed by atoms with Crippen molar-refractivity contribution in [3.63, 3.8) is 0 Å². The van der Waals surface area contributed by atoms with Gasteiger partial charge in [-0.3, -0.25) is 14.4 Å². The lowest BCUT2D eigenvalue weighted by atomic mass is 10.2. The van der Waals surface area contributed by atoms with Gasteiger partial charge >= 0.3 is 11.8 Å². The largest absolute Gasteiger partial charge is 0.497 e. The summed E-state index contributed by atoms with van der Waals surface area (Å²) in [5.41, 5.74) is 3.83. The summed E-state index contributed by atoms with van der Waals surface area (Å²) in [5.74, 6) is -0.782. The molecule has 10 nitrogen and oxygen atoms in total. The monoisotopic (exact) mass is 476 g/mol. The molecule has 3 aromatic rings. The predicted octanol–water partition coefficient (Wildman–Crippen LogP) is 2.81. The van der Waals surface area contributed by atoms with E-state index in [2.05, 4.69) is 21.2 Å². The van der Waals surface area contributed by atoms with Crippen LogP contribution in [0.25, 0.3) is 0 Å². The number of nitrogens with zero attached hydrogens (tertiary/aromatic N) is 1. The lowest BCUT2D eigenvalue weighted by molar-refractivity contribution is -0.136. The van der Waals surface area contributed by atoms with Crippen LogP contribution in [0.1, 0.15) is 5.56 Å². The van der Waals surface area contributed by atoms with Crippen LogP contribution in [0.4, 0.5) is 11.4 Å². The van der Waals surface area contributed by atoms with Crippen LogP contribution in [0.3, 0.4) is 0 Å². The number of amides is 3. The van der Waals surface area contributed by atoms with Crippen molar-refractivity contribution >= 4 is 35.3 Å². The van der Waals surface area contributed by atoms with E-state index < -0.39 is 11.8 Å². The van der Waals surface area contributed by atoms with E-state index in [1.807, 2.05) is 18.2 Å². The Morgan fingerprint density at radius 2 is 1.51 bits per heavy atom. The van der Waals surface area contributed by atoms with E-state index in [1.54, 1.807) is 54.6 Å². The molecular formula is C25H24N4O6. The highest BCUT2D eigenvalue weighted by Gasteiger charge is 2.13. The Morgan fingerprint density at radius 3 is 2.20 bits per heavy atom. The second-order valence-corrected chi connectivity index (χ2v) is 6.99. The van der Waals surface area contributed by atoms with Crippen LogP contribution in [-0.2, 0) is 14.4 Å². The highest BCUT2D eigenvalue weighted by Crippen LogP contribution is 2.27. The minimum Gasteiger partial charge on any atom is -0.497 e. The highest BCUT2D eigenvalue weighted by molar-refractivity contribution is 6.39. The highest BCUT2D eigenvalue weighted by atomic mass is 16.5. The number of methoxy groups -OCH3 is 2. The molecule has 0 aromatic heterocycles. The number of carbonyl (C=O) groups is 3. The summed E-state index contributed by atoms with van der Waals surface area (Å²) in [6, 6.07) is 20.4. The average molecular weight is 476 g/mol. The SMILES string of the molecule is COc1ccc(NC(=O)C(=O)N/N=C\c2ccc(OCC(=O)Nc3ccccc3)c(OC)c2)cc1. The fraction of sp³-hybridized carbons (Fsp3) is 0.120. The number of nitrogens with one attached hydrogen (secondary N) is 3. The first-order valence-electron chi connectivity index (χ1n) is 10.4. The van der Waals surface area contributed by atoms with E-state index in [0.717, 1.165) is 0 Å². The zero-order chi connectivity index (χ0) is 25.0. The van der Waals surface area contributed by atoms with Crippen molar-refractivity contribution in [1.29, 1.82) is 0 Å². The second kappa shape index (κ2) is 12.4. The maximum Gasteiger partial charge on any atom is 0.329 e. The minimum absolute atomic E-state index is 0.210. The summed E-state index contributed by atoms with van der Waals surface area (Å²) in [6.45, 7) is -0.210. The van der Waals surface area contributed by atoms with E-state index >= 15 is 0 Å². The number of benzene rings is 3. The fourth-order valence-electron chi connectivity index (χ4n) is 2.82. The zero-order valence-electron chi connectivity index (χ0n) is 19.1. The second-order valence-electron chi connectivity index (χ2n) is 6.99. The molecule has 0 spiro atoms. The smallest absolute Gasteiger partial charge is 0.329 e. The molecular weight excluding hydrogens is 452 g/mol. The Hall–Kier alpha value is -4.86. The Balaban J connectivity index is 1.51. The summed E-state index contributed by atoms with van der Waals surface area (Å²) in [4.78, 5) is 36.1. The van der Waals surface area contributed by atoms with E-state index in [1.165, 1.54) is 20.4 Å². The number of rotatable bonds is 9. The molecule has 0 atom stereocenters. The van der Waals surface area contributed by atoms with Gasteiger partial charge in [-0.25, -0.2) is 5.43 Å². The zero-order valence-corrected chi connectivity index (χ0v) is 19.1. The van der Waals surface area contributed by atoms with Crippen molar-refractivity contribution in [3.05, 3.63) is 78.4 Å². The summed E-state index contributed by atoms with van der Waals surface area (Å²) < 4.78 is 15.9. The molecule has 3 N–H and O–H groups in total. The fourth-order valence-corrected chi connectivity index (χ4v) is 2.82. The number of hydrogen-bond donors (Lipinski definition) is 3. The van der Waals surface area contributed by atoms with Gasteiger partial charge in [-0.2, -0.15) is 5.10 Å². The standard InChI is InChI=1S/C25H24N4O6/c1-33-20-11-9-19(10-12-20)28-24(31)25(32)29-26-15-17-8-13-21(22(14-17)34-2)35-16-23(30)27-18-6-4-3-5-7-18/h3-15H,16H2,1-2H3,(H,27,30)(H,28,31)(H,29,32)/b26-15-. The molecule has 0 saturated heterocycles. The van der Waals surface area contributed by atoms with Crippen molar-refractivity contribution < 1.29 is 28.6 Å². The first-order valence-corrected chi connectivity index (χ1v) is 10.4. The first kappa shape index (κ1) is 24.8. The van der Waals surface area contributed by atoms with Gasteiger partial charge in [0.1, 0.15) is 5.75 Å². The molecule has 0 unspecified atom stereocenters. The van der Waals surface area contributed by atoms with Gasteiger partial charge in [0.25, 0.3) is 5.91 Å². The molecule has 35 heavy (non-hydrogen) atoms. The summed E-state index contributed by atoms with van der Waals surface area (Å²) >= 11 is 0. The molecule has 3 rings (SSSR count). The van der Waals surface area contributed by atoms with Crippen molar-refractivity contribution in [2.45, 2.75) is 0 Å². The van der Waals surface area contributed by atoms with Crippen molar-refractivity contribution in [2.24, 2.45) is 5.10 Å². The van der Waals surface area contributed by atoms with Crippen LogP contribution in [0, 0.1) is 0 Å². The van der Waals surface area contributed by atoms with E-state index in [9.17, 15) is 14.4 Å². The predicted molar refractivity (Wildman–Crippen MR) is 131 cm³/mol. The van der Waals surface area contributed by atoms with E-state index in [-0.39, 0.29) is 12.5 Å². The summed E-state index contributed by atoms with van der Waals surface area (Å²) in [7, 11) is 2.99. The van der Waals surface area contributed by atoms with Crippen LogP contribution in [-0.4, -0.2) is 44.8 Å². The third-order valence-electron chi connectivity index (χ3n) is 4.54. The molecule has 0 heterocycles. The molecule has 0 aliphatic rings. The van der Waals surface area contributed by atoms with Gasteiger partial charge < -0.3 is 24.8 Å². The Bertz CT molecular complexity index is 1200. The number of anilines is 2. The molecule has 3 aromatic carbocycles. The quantitative estimate of drug-likeness (QED) is 0.248. The van der Waals surface area contributed by atoms with Crippen LogP contribution >= 0.6 is 0 Å². The van der Waals surface area contributed by atoms with Crippen molar-refractivity contribution in [1.82, 2.24) is 5.43 Å². The number of hydrazone groups is 1. The molecule has 0 saturated carbocycles. The normalized spacial score (nSPS) is 10.3. The van der Waals surface area contributed by atoms with Gasteiger partial charge in [-0.1, -0.05) is 18.2 Å². The van der Waals surface area contributed by atoms with Gasteiger partial charge in [0.05, 0.1) is 20.4 Å². The lowest BCUT2D eigenvalue weighted by Gasteiger charge is -2.11. The van der Waals surface area contributed by atoms with Crippen molar-refractivity contribution in [2.75, 3.05) is 31.5 Å². The Morgan fingerprint density at radius 1 is 0.800 bits per heavy atom. The molecule has 180 valence electrons. The molecule has 0 aliphatic carbocycles. The van der Waals surface area contributed by atoms with Gasteiger partial charge in [0.15, 0.2) is 18.1 Å². The van der Waals surface area contributed by atoms with E-state index in [4.69, 9.17) is 14.2 Å². The summed E-state index contributed by atoms with van der Waals surface area (Å²) in [5, 5.41) is 8.97. The maximum atomic E-state index is 12.1. The summed E-state index contributed by atoms with van der Waals surface area (Å²) in [6.07, 6.45) is 1.34. The van der Waals surface area contributed by atoms with Gasteiger partial charge in [-0.15, -0.1) is 0 Å². The molecule has 0 radical (unpaired) electrons. The van der Waals surface area contributed by atoms with Gasteiger partial charge in [0.2, 0.25) is 0 Å². The topological polar surface area (TPSA) is 127 Å². The molecule has 0 fully saturated rings. The number of hydrogen-bond acceptors (Lipinski definition) is 7. The number of ether oxygens (including phenoxy) is 3. The Labute approximate surface area is 201 Å². The van der Waals surface area contributed by atoms with Gasteiger partial charge in [0, 0.05) is 11.4 Å².